The van der Waals surface area contributed by atoms with Gasteiger partial charge in [0.15, 0.2) is 0 Å². The fraction of sp³-hybridized carbons (Fsp3) is 0.222. The number of nitrogens with one attached hydrogen (secondary N) is 1. The molecule has 0 spiro atoms. The Hall–Kier alpha value is -2.27. The van der Waals surface area contributed by atoms with Crippen LogP contribution < -0.4 is 10.1 Å². The second-order valence-electron chi connectivity index (χ2n) is 5.21. The van der Waals surface area contributed by atoms with E-state index in [4.69, 9.17) is 4.74 Å². The van der Waals surface area contributed by atoms with Crippen LogP contribution in [-0.4, -0.2) is 23.7 Å². The van der Waals surface area contributed by atoms with Gasteiger partial charge in [0.2, 0.25) is 5.91 Å². The summed E-state index contributed by atoms with van der Waals surface area (Å²) in [4.78, 5) is 24.8. The van der Waals surface area contributed by atoms with Crippen molar-refractivity contribution in [3.8, 4) is 5.75 Å². The van der Waals surface area contributed by atoms with E-state index in [1.807, 2.05) is 32.0 Å². The van der Waals surface area contributed by atoms with Gasteiger partial charge in [-0.3, -0.25) is 4.79 Å². The molecule has 120 valence electrons. The average molecular weight is 329 g/mol. The molecule has 5 heteroatoms. The van der Waals surface area contributed by atoms with Crippen LogP contribution in [0.4, 0.5) is 0 Å². The number of carbonyl (C=O) groups excluding carboxylic acids is 2. The molecule has 0 fully saturated rings. The predicted molar refractivity (Wildman–Crippen MR) is 91.8 cm³/mol. The summed E-state index contributed by atoms with van der Waals surface area (Å²) in [6.45, 7) is 3.82. The zero-order valence-electron chi connectivity index (χ0n) is 13.1. The highest BCUT2D eigenvalue weighted by molar-refractivity contribution is 8.00. The lowest BCUT2D eigenvalue weighted by atomic mass is 10.2. The van der Waals surface area contributed by atoms with Gasteiger partial charge < -0.3 is 10.1 Å². The lowest BCUT2D eigenvalue weighted by molar-refractivity contribution is -0.119. The molecule has 0 aliphatic heterocycles. The standard InChI is InChI=1S/C18H19NO3S/c1-13(2)19-17(20)12-23-16-11-7-6-10-15(16)18(21)22-14-8-4-3-5-9-14/h3-11,13H,12H2,1-2H3,(H,19,20). The maximum absolute atomic E-state index is 12.3. The number of para-hydroxylation sites is 1. The summed E-state index contributed by atoms with van der Waals surface area (Å²) in [6.07, 6.45) is 0. The molecule has 0 heterocycles. The Morgan fingerprint density at radius 1 is 1.04 bits per heavy atom. The van der Waals surface area contributed by atoms with Crippen molar-refractivity contribution in [1.82, 2.24) is 5.32 Å². The SMILES string of the molecule is CC(C)NC(=O)CSc1ccccc1C(=O)Oc1ccccc1. The van der Waals surface area contributed by atoms with E-state index in [0.29, 0.717) is 11.3 Å². The van der Waals surface area contributed by atoms with Crippen molar-refractivity contribution in [3.05, 3.63) is 60.2 Å². The van der Waals surface area contributed by atoms with Gasteiger partial charge in [-0.1, -0.05) is 30.3 Å². The minimum absolute atomic E-state index is 0.0590. The molecule has 4 nitrogen and oxygen atoms in total. The zero-order valence-corrected chi connectivity index (χ0v) is 13.9. The lowest BCUT2D eigenvalue weighted by Gasteiger charge is -2.10. The highest BCUT2D eigenvalue weighted by Crippen LogP contribution is 2.24. The third-order valence-corrected chi connectivity index (χ3v) is 3.94. The van der Waals surface area contributed by atoms with E-state index in [-0.39, 0.29) is 17.7 Å². The van der Waals surface area contributed by atoms with Crippen LogP contribution in [0.1, 0.15) is 24.2 Å². The molecule has 2 aromatic carbocycles. The van der Waals surface area contributed by atoms with Crippen LogP contribution in [0.3, 0.4) is 0 Å². The number of esters is 1. The number of carbonyl (C=O) groups is 2. The molecule has 0 aromatic heterocycles. The summed E-state index contributed by atoms with van der Waals surface area (Å²) in [5.41, 5.74) is 0.457. The first-order chi connectivity index (χ1) is 11.1. The van der Waals surface area contributed by atoms with Gasteiger partial charge in [-0.2, -0.15) is 0 Å². The third kappa shape index (κ3) is 5.45. The minimum Gasteiger partial charge on any atom is -0.423 e. The normalized spacial score (nSPS) is 10.4. The highest BCUT2D eigenvalue weighted by atomic mass is 32.2. The minimum atomic E-state index is -0.427. The van der Waals surface area contributed by atoms with Crippen molar-refractivity contribution in [2.45, 2.75) is 24.8 Å². The Morgan fingerprint density at radius 2 is 1.70 bits per heavy atom. The molecule has 2 rings (SSSR count). The van der Waals surface area contributed by atoms with Gasteiger partial charge in [0.1, 0.15) is 5.75 Å². The quantitative estimate of drug-likeness (QED) is 0.500. The molecule has 0 unspecified atom stereocenters. The van der Waals surface area contributed by atoms with Gasteiger partial charge in [-0.25, -0.2) is 4.79 Å². The van der Waals surface area contributed by atoms with Crippen molar-refractivity contribution >= 4 is 23.6 Å². The molecular weight excluding hydrogens is 310 g/mol. The van der Waals surface area contributed by atoms with Crippen molar-refractivity contribution in [2.75, 3.05) is 5.75 Å². The van der Waals surface area contributed by atoms with Gasteiger partial charge in [-0.15, -0.1) is 11.8 Å². The number of hydrogen-bond donors (Lipinski definition) is 1. The molecule has 1 amide bonds. The molecule has 0 atom stereocenters. The van der Waals surface area contributed by atoms with E-state index in [2.05, 4.69) is 5.32 Å². The van der Waals surface area contributed by atoms with E-state index in [9.17, 15) is 9.59 Å². The molecule has 0 radical (unpaired) electrons. The smallest absolute Gasteiger partial charge is 0.344 e. The molecule has 0 aliphatic carbocycles. The first-order valence-corrected chi connectivity index (χ1v) is 8.33. The predicted octanol–water partition coefficient (Wildman–Crippen LogP) is 3.52. The van der Waals surface area contributed by atoms with Crippen LogP contribution in [0.15, 0.2) is 59.5 Å². The number of hydrogen-bond acceptors (Lipinski definition) is 4. The van der Waals surface area contributed by atoms with E-state index in [1.165, 1.54) is 11.8 Å². The maximum atomic E-state index is 12.3. The first kappa shape index (κ1) is 17.1. The molecule has 23 heavy (non-hydrogen) atoms. The monoisotopic (exact) mass is 329 g/mol. The summed E-state index contributed by atoms with van der Waals surface area (Å²) in [6, 6.07) is 16.1. The molecule has 2 aromatic rings. The second kappa shape index (κ2) is 8.39. The van der Waals surface area contributed by atoms with Crippen LogP contribution in [0.5, 0.6) is 5.75 Å². The van der Waals surface area contributed by atoms with Crippen molar-refractivity contribution in [1.29, 1.82) is 0 Å². The summed E-state index contributed by atoms with van der Waals surface area (Å²) < 4.78 is 5.36. The van der Waals surface area contributed by atoms with Crippen LogP contribution in [0.25, 0.3) is 0 Å². The Kier molecular flexibility index (Phi) is 6.23. The number of benzene rings is 2. The van der Waals surface area contributed by atoms with E-state index >= 15 is 0 Å². The highest BCUT2D eigenvalue weighted by Gasteiger charge is 2.15. The molecule has 0 saturated carbocycles. The van der Waals surface area contributed by atoms with Crippen LogP contribution >= 0.6 is 11.8 Å². The van der Waals surface area contributed by atoms with Gasteiger partial charge in [0.05, 0.1) is 11.3 Å². The number of ether oxygens (including phenoxy) is 1. The Bertz CT molecular complexity index is 671. The Morgan fingerprint density at radius 3 is 2.39 bits per heavy atom. The zero-order chi connectivity index (χ0) is 16.7. The van der Waals surface area contributed by atoms with E-state index < -0.39 is 5.97 Å². The molecule has 0 aliphatic rings. The maximum Gasteiger partial charge on any atom is 0.344 e. The third-order valence-electron chi connectivity index (χ3n) is 2.87. The largest absolute Gasteiger partial charge is 0.423 e. The van der Waals surface area contributed by atoms with Crippen LogP contribution in [0.2, 0.25) is 0 Å². The van der Waals surface area contributed by atoms with Gasteiger partial charge in [-0.05, 0) is 38.1 Å². The average Bonchev–Trinajstić information content (AvgIpc) is 2.53. The first-order valence-electron chi connectivity index (χ1n) is 7.34. The topological polar surface area (TPSA) is 55.4 Å². The van der Waals surface area contributed by atoms with Gasteiger partial charge in [0, 0.05) is 10.9 Å². The van der Waals surface area contributed by atoms with E-state index in [0.717, 1.165) is 4.90 Å². The molecule has 0 bridgehead atoms. The molecule has 0 saturated heterocycles. The van der Waals surface area contributed by atoms with Crippen LogP contribution in [0, 0.1) is 0 Å². The van der Waals surface area contributed by atoms with Crippen molar-refractivity contribution in [3.63, 3.8) is 0 Å². The Balaban J connectivity index is 2.05. The fourth-order valence-corrected chi connectivity index (χ4v) is 2.77. The summed E-state index contributed by atoms with van der Waals surface area (Å²) in [7, 11) is 0. The van der Waals surface area contributed by atoms with Crippen LogP contribution in [-0.2, 0) is 4.79 Å². The number of thioether (sulfide) groups is 1. The summed E-state index contributed by atoms with van der Waals surface area (Å²) in [5.74, 6) is 0.267. The van der Waals surface area contributed by atoms with Gasteiger partial charge >= 0.3 is 5.97 Å². The number of amides is 1. The number of rotatable bonds is 6. The Labute approximate surface area is 140 Å². The van der Waals surface area contributed by atoms with E-state index in [1.54, 1.807) is 36.4 Å². The van der Waals surface area contributed by atoms with Crippen molar-refractivity contribution in [2.24, 2.45) is 0 Å². The van der Waals surface area contributed by atoms with Crippen molar-refractivity contribution < 1.29 is 14.3 Å². The fourth-order valence-electron chi connectivity index (χ4n) is 1.92. The second-order valence-corrected chi connectivity index (χ2v) is 6.23. The molecule has 1 N–H and O–H groups in total. The summed E-state index contributed by atoms with van der Waals surface area (Å²) in [5, 5.41) is 2.83. The summed E-state index contributed by atoms with van der Waals surface area (Å²) >= 11 is 1.32. The lowest BCUT2D eigenvalue weighted by Crippen LogP contribution is -2.31. The van der Waals surface area contributed by atoms with Gasteiger partial charge in [0.25, 0.3) is 0 Å². The molecular formula is C18H19NO3S.